The highest BCUT2D eigenvalue weighted by molar-refractivity contribution is 5.82. The van der Waals surface area contributed by atoms with Gasteiger partial charge in [-0.3, -0.25) is 4.79 Å². The first kappa shape index (κ1) is 12.9. The lowest BCUT2D eigenvalue weighted by Gasteiger charge is -2.24. The van der Waals surface area contributed by atoms with Crippen molar-refractivity contribution in [2.24, 2.45) is 28.9 Å². The number of nitrogens with two attached hydrogens (primary N) is 1. The van der Waals surface area contributed by atoms with Crippen molar-refractivity contribution in [2.45, 2.75) is 46.0 Å². The zero-order valence-corrected chi connectivity index (χ0v) is 11.2. The summed E-state index contributed by atoms with van der Waals surface area (Å²) in [5, 5.41) is 3.13. The first-order valence-corrected chi connectivity index (χ1v) is 7.03. The lowest BCUT2D eigenvalue weighted by molar-refractivity contribution is -0.123. The fraction of sp³-hybridized carbons (Fsp3) is 0.929. The van der Waals surface area contributed by atoms with Gasteiger partial charge in [0, 0.05) is 12.5 Å². The molecule has 0 spiro atoms. The Morgan fingerprint density at radius 3 is 2.41 bits per heavy atom. The predicted octanol–water partition coefficient (Wildman–Crippen LogP) is 1.91. The highest BCUT2D eigenvalue weighted by Crippen LogP contribution is 2.55. The zero-order chi connectivity index (χ0) is 12.5. The number of amides is 1. The number of nitrogens with one attached hydrogen (secondary N) is 1. The maximum absolute atomic E-state index is 12.1. The van der Waals surface area contributed by atoms with Gasteiger partial charge in [0.1, 0.15) is 0 Å². The SMILES string of the molecule is CC(C)(CCN)CNC(=O)C1C2CCCCC21. The van der Waals surface area contributed by atoms with Gasteiger partial charge in [-0.15, -0.1) is 0 Å². The molecule has 2 fully saturated rings. The predicted molar refractivity (Wildman–Crippen MR) is 69.4 cm³/mol. The number of hydrogen-bond donors (Lipinski definition) is 2. The van der Waals surface area contributed by atoms with Crippen LogP contribution in [-0.4, -0.2) is 19.0 Å². The van der Waals surface area contributed by atoms with E-state index in [1.807, 2.05) is 0 Å². The molecule has 0 bridgehead atoms. The minimum Gasteiger partial charge on any atom is -0.355 e. The molecular formula is C14H26N2O. The van der Waals surface area contributed by atoms with E-state index in [9.17, 15) is 4.79 Å². The second-order valence-corrected chi connectivity index (χ2v) is 6.56. The molecule has 3 N–H and O–H groups in total. The van der Waals surface area contributed by atoms with Crippen molar-refractivity contribution in [3.8, 4) is 0 Å². The van der Waals surface area contributed by atoms with E-state index in [2.05, 4.69) is 19.2 Å². The van der Waals surface area contributed by atoms with E-state index in [1.165, 1.54) is 25.7 Å². The quantitative estimate of drug-likeness (QED) is 0.769. The van der Waals surface area contributed by atoms with Crippen LogP contribution in [-0.2, 0) is 4.79 Å². The number of carbonyl (C=O) groups excluding carboxylic acids is 1. The summed E-state index contributed by atoms with van der Waals surface area (Å²) in [6.45, 7) is 5.79. The molecule has 1 amide bonds. The van der Waals surface area contributed by atoms with Crippen molar-refractivity contribution >= 4 is 5.91 Å². The van der Waals surface area contributed by atoms with Crippen LogP contribution in [0.1, 0.15) is 46.0 Å². The van der Waals surface area contributed by atoms with Crippen molar-refractivity contribution in [3.05, 3.63) is 0 Å². The molecule has 2 saturated carbocycles. The highest BCUT2D eigenvalue weighted by Gasteiger charge is 2.54. The van der Waals surface area contributed by atoms with E-state index in [1.54, 1.807) is 0 Å². The summed E-state index contributed by atoms with van der Waals surface area (Å²) in [4.78, 5) is 12.1. The first-order valence-electron chi connectivity index (χ1n) is 7.03. The molecule has 0 radical (unpaired) electrons. The van der Waals surface area contributed by atoms with E-state index in [-0.39, 0.29) is 5.41 Å². The van der Waals surface area contributed by atoms with Crippen molar-refractivity contribution in [1.82, 2.24) is 5.32 Å². The Hall–Kier alpha value is -0.570. The average Bonchev–Trinajstić information content (AvgIpc) is 3.00. The molecule has 0 aliphatic heterocycles. The molecule has 2 atom stereocenters. The molecule has 3 nitrogen and oxygen atoms in total. The average molecular weight is 238 g/mol. The van der Waals surface area contributed by atoms with Crippen LogP contribution >= 0.6 is 0 Å². The minimum atomic E-state index is 0.129. The van der Waals surface area contributed by atoms with Crippen LogP contribution in [0.5, 0.6) is 0 Å². The van der Waals surface area contributed by atoms with Crippen molar-refractivity contribution in [3.63, 3.8) is 0 Å². The summed E-state index contributed by atoms with van der Waals surface area (Å²) in [5.41, 5.74) is 5.71. The van der Waals surface area contributed by atoms with Crippen molar-refractivity contribution in [2.75, 3.05) is 13.1 Å². The third-order valence-electron chi connectivity index (χ3n) is 4.52. The third-order valence-corrected chi connectivity index (χ3v) is 4.52. The largest absolute Gasteiger partial charge is 0.355 e. The molecule has 0 aromatic carbocycles. The van der Waals surface area contributed by atoms with Gasteiger partial charge in [-0.25, -0.2) is 0 Å². The molecule has 3 heteroatoms. The number of rotatable bonds is 5. The Kier molecular flexibility index (Phi) is 3.76. The molecule has 0 saturated heterocycles. The van der Waals surface area contributed by atoms with Gasteiger partial charge < -0.3 is 11.1 Å². The van der Waals surface area contributed by atoms with Crippen molar-refractivity contribution in [1.29, 1.82) is 0 Å². The van der Waals surface area contributed by atoms with Gasteiger partial charge in [0.15, 0.2) is 0 Å². The third kappa shape index (κ3) is 3.01. The van der Waals surface area contributed by atoms with Crippen molar-refractivity contribution < 1.29 is 4.79 Å². The molecular weight excluding hydrogens is 212 g/mol. The van der Waals surface area contributed by atoms with Gasteiger partial charge >= 0.3 is 0 Å². The number of carbonyl (C=O) groups is 1. The Bertz CT molecular complexity index is 276. The summed E-state index contributed by atoms with van der Waals surface area (Å²) >= 11 is 0. The van der Waals surface area contributed by atoms with Crippen LogP contribution in [0, 0.1) is 23.2 Å². The Morgan fingerprint density at radius 2 is 1.88 bits per heavy atom. The van der Waals surface area contributed by atoms with Gasteiger partial charge in [-0.05, 0) is 43.1 Å². The summed E-state index contributed by atoms with van der Waals surface area (Å²) in [5.74, 6) is 2.06. The fourth-order valence-electron chi connectivity index (χ4n) is 3.30. The number of fused-ring (bicyclic) bond motifs is 1. The summed E-state index contributed by atoms with van der Waals surface area (Å²) in [6, 6.07) is 0. The van der Waals surface area contributed by atoms with Gasteiger partial charge in [-0.1, -0.05) is 26.7 Å². The highest BCUT2D eigenvalue weighted by atomic mass is 16.2. The van der Waals surface area contributed by atoms with Crippen LogP contribution < -0.4 is 11.1 Å². The van der Waals surface area contributed by atoms with Crippen LogP contribution in [0.2, 0.25) is 0 Å². The lowest BCUT2D eigenvalue weighted by Crippen LogP contribution is -2.36. The molecule has 2 unspecified atom stereocenters. The normalized spacial score (nSPS) is 31.8. The number of hydrogen-bond acceptors (Lipinski definition) is 2. The van der Waals surface area contributed by atoms with Crippen LogP contribution in [0.25, 0.3) is 0 Å². The van der Waals surface area contributed by atoms with Crippen LogP contribution in [0.4, 0.5) is 0 Å². The smallest absolute Gasteiger partial charge is 0.223 e. The maximum Gasteiger partial charge on any atom is 0.223 e. The molecule has 2 aliphatic rings. The van der Waals surface area contributed by atoms with Crippen LogP contribution in [0.15, 0.2) is 0 Å². The Morgan fingerprint density at radius 1 is 1.29 bits per heavy atom. The zero-order valence-electron chi connectivity index (χ0n) is 11.2. The van der Waals surface area contributed by atoms with E-state index in [0.717, 1.165) is 13.0 Å². The van der Waals surface area contributed by atoms with E-state index >= 15 is 0 Å². The molecule has 0 heterocycles. The second-order valence-electron chi connectivity index (χ2n) is 6.56. The fourth-order valence-corrected chi connectivity index (χ4v) is 3.30. The minimum absolute atomic E-state index is 0.129. The lowest BCUT2D eigenvalue weighted by atomic mass is 9.89. The van der Waals surface area contributed by atoms with Crippen LogP contribution in [0.3, 0.4) is 0 Å². The molecule has 0 aromatic heterocycles. The molecule has 0 aromatic rings. The van der Waals surface area contributed by atoms with E-state index in [0.29, 0.717) is 30.2 Å². The van der Waals surface area contributed by atoms with E-state index in [4.69, 9.17) is 5.73 Å². The topological polar surface area (TPSA) is 55.1 Å². The molecule has 98 valence electrons. The second kappa shape index (κ2) is 4.97. The maximum atomic E-state index is 12.1. The molecule has 17 heavy (non-hydrogen) atoms. The van der Waals surface area contributed by atoms with Gasteiger partial charge in [0.2, 0.25) is 5.91 Å². The standard InChI is InChI=1S/C14H26N2O/c1-14(2,7-8-15)9-16-13(17)12-10-5-3-4-6-11(10)12/h10-12H,3-9,15H2,1-2H3,(H,16,17). The Labute approximate surface area is 105 Å². The summed E-state index contributed by atoms with van der Waals surface area (Å²) in [6.07, 6.45) is 6.15. The molecule has 2 aliphatic carbocycles. The Balaban J connectivity index is 1.75. The summed E-state index contributed by atoms with van der Waals surface area (Å²) < 4.78 is 0. The summed E-state index contributed by atoms with van der Waals surface area (Å²) in [7, 11) is 0. The molecule has 2 rings (SSSR count). The van der Waals surface area contributed by atoms with Gasteiger partial charge in [0.05, 0.1) is 0 Å². The monoisotopic (exact) mass is 238 g/mol. The van der Waals surface area contributed by atoms with Gasteiger partial charge in [0.25, 0.3) is 0 Å². The van der Waals surface area contributed by atoms with E-state index < -0.39 is 0 Å². The van der Waals surface area contributed by atoms with Gasteiger partial charge in [-0.2, -0.15) is 0 Å². The first-order chi connectivity index (χ1) is 8.05.